The number of benzene rings is 1. The van der Waals surface area contributed by atoms with Gasteiger partial charge in [-0.25, -0.2) is 4.79 Å². The van der Waals surface area contributed by atoms with E-state index in [0.717, 1.165) is 24.8 Å². The summed E-state index contributed by atoms with van der Waals surface area (Å²) >= 11 is 0. The quantitative estimate of drug-likeness (QED) is 0.585. The molecule has 0 saturated heterocycles. The molecule has 1 aliphatic heterocycles. The Morgan fingerprint density at radius 2 is 1.81 bits per heavy atom. The Hall–Kier alpha value is -1.98. The van der Waals surface area contributed by atoms with Gasteiger partial charge in [0.05, 0.1) is 7.11 Å². The van der Waals surface area contributed by atoms with Crippen LogP contribution in [-0.4, -0.2) is 39.6 Å². The van der Waals surface area contributed by atoms with Crippen molar-refractivity contribution in [2.75, 3.05) is 19.1 Å². The summed E-state index contributed by atoms with van der Waals surface area (Å²) in [6.07, 6.45) is 6.55. The predicted octanol–water partition coefficient (Wildman–Crippen LogP) is 3.81. The predicted molar refractivity (Wildman–Crippen MR) is 109 cm³/mol. The summed E-state index contributed by atoms with van der Waals surface area (Å²) in [5, 5.41) is 0. The number of ether oxygens (including phenoxy) is 2. The van der Waals surface area contributed by atoms with Crippen LogP contribution in [0.25, 0.3) is 0 Å². The monoisotopic (exact) mass is 372 g/mol. The van der Waals surface area contributed by atoms with Crippen LogP contribution in [0, 0.1) is 0 Å². The van der Waals surface area contributed by atoms with Gasteiger partial charge in [0.2, 0.25) is 0 Å². The van der Waals surface area contributed by atoms with Crippen LogP contribution in [0.2, 0.25) is 6.32 Å². The van der Waals surface area contributed by atoms with E-state index in [1.807, 2.05) is 6.07 Å². The first-order chi connectivity index (χ1) is 12.7. The summed E-state index contributed by atoms with van der Waals surface area (Å²) in [7, 11) is 5.43. The maximum absolute atomic E-state index is 12.4. The third kappa shape index (κ3) is 5.75. The number of esters is 1. The van der Waals surface area contributed by atoms with Crippen LogP contribution < -0.4 is 10.4 Å². The number of anilines is 1. The summed E-state index contributed by atoms with van der Waals surface area (Å²) in [6.45, 7) is 5.86. The zero-order chi connectivity index (χ0) is 20.0. The average molecular weight is 372 g/mol. The smallest absolute Gasteiger partial charge is 0.414 e. The van der Waals surface area contributed by atoms with Crippen LogP contribution in [0.3, 0.4) is 0 Å². The maximum Gasteiger partial charge on any atom is 0.414 e. The lowest BCUT2D eigenvalue weighted by Crippen LogP contribution is -2.32. The van der Waals surface area contributed by atoms with E-state index in [2.05, 4.69) is 38.0 Å². The van der Waals surface area contributed by atoms with E-state index in [4.69, 9.17) is 4.74 Å². The van der Waals surface area contributed by atoms with Crippen molar-refractivity contribution in [1.82, 2.24) is 0 Å². The normalized spacial score (nSPS) is 17.7. The van der Waals surface area contributed by atoms with Crippen LogP contribution in [0.4, 0.5) is 10.5 Å². The summed E-state index contributed by atoms with van der Waals surface area (Å²) in [4.78, 5) is 23.6. The molecule has 0 unspecified atom stereocenters. The van der Waals surface area contributed by atoms with Gasteiger partial charge in [-0.15, -0.1) is 0 Å². The fourth-order valence-electron chi connectivity index (χ4n) is 3.50. The zero-order valence-corrected chi connectivity index (χ0v) is 17.2. The molecule has 0 aromatic heterocycles. The summed E-state index contributed by atoms with van der Waals surface area (Å²) in [5.74, 6) is -0.245. The van der Waals surface area contributed by atoms with E-state index < -0.39 is 0 Å². The van der Waals surface area contributed by atoms with Crippen LogP contribution in [0.5, 0.6) is 0 Å². The number of carbonyl (C=O) groups is 2. The number of amides is 1. The van der Waals surface area contributed by atoms with Crippen LogP contribution in [-0.2, 0) is 19.7 Å². The Morgan fingerprint density at radius 1 is 1.19 bits per heavy atom. The third-order valence-corrected chi connectivity index (χ3v) is 5.37. The minimum Gasteiger partial charge on any atom is -0.469 e. The van der Waals surface area contributed by atoms with Crippen LogP contribution in [0.15, 0.2) is 18.2 Å². The number of methoxy groups -OCH3 is 1. The molecule has 1 saturated carbocycles. The number of hydrogen-bond donors (Lipinski definition) is 0. The molecule has 0 atom stereocenters. The highest BCUT2D eigenvalue weighted by molar-refractivity contribution is 6.56. The van der Waals surface area contributed by atoms with Crippen molar-refractivity contribution >= 4 is 30.5 Å². The summed E-state index contributed by atoms with van der Waals surface area (Å²) in [6, 6.07) is 6.27. The number of carbonyl (C=O) groups excluding carboxylic acids is 2. The second-order valence-electron chi connectivity index (χ2n) is 7.96. The molecule has 2 aliphatic rings. The molecule has 3 rings (SSSR count). The largest absolute Gasteiger partial charge is 0.469 e. The highest BCUT2D eigenvalue weighted by atomic mass is 16.6. The first-order valence-electron chi connectivity index (χ1n) is 9.71. The molecule has 27 heavy (non-hydrogen) atoms. The standard InChI is InChI=1S/C18H25BNO2.C3H6O2/c1-18(2)12-19-16-10-9-13(11-15(16)18)20(3)17(21)22-14-7-5-4-6-8-14;1-3(4)5-2/h9-11,14H,4-8,12H2,1-3H3;1-2H3. The molecule has 1 aromatic rings. The first kappa shape index (κ1) is 21.3. The molecular weight excluding hydrogens is 341 g/mol. The highest BCUT2D eigenvalue weighted by Crippen LogP contribution is 2.33. The molecule has 0 spiro atoms. The average Bonchev–Trinajstić information content (AvgIpc) is 2.97. The molecule has 6 heteroatoms. The molecular formula is C21H31BNO4. The second kappa shape index (κ2) is 9.29. The Kier molecular flexibility index (Phi) is 7.34. The SMILES string of the molecule is CN(C(=O)OC1CCCCC1)c1ccc2c(c1)C(C)(C)C[B]2.COC(C)=O. The lowest BCUT2D eigenvalue weighted by atomic mass is 9.69. The first-order valence-corrected chi connectivity index (χ1v) is 9.71. The highest BCUT2D eigenvalue weighted by Gasteiger charge is 2.31. The van der Waals surface area contributed by atoms with E-state index in [9.17, 15) is 9.59 Å². The Labute approximate surface area is 163 Å². The lowest BCUT2D eigenvalue weighted by Gasteiger charge is -2.26. The molecule has 147 valence electrons. The third-order valence-electron chi connectivity index (χ3n) is 5.37. The molecule has 1 radical (unpaired) electrons. The Balaban J connectivity index is 0.000000465. The number of rotatable bonds is 2. The molecule has 1 heterocycles. The minimum atomic E-state index is -0.245. The number of nitrogens with zero attached hydrogens (tertiary/aromatic N) is 1. The van der Waals surface area contributed by atoms with Gasteiger partial charge in [0.15, 0.2) is 7.28 Å². The molecule has 5 nitrogen and oxygen atoms in total. The maximum atomic E-state index is 12.4. The fraction of sp³-hybridized carbons (Fsp3) is 0.619. The number of fused-ring (bicyclic) bond motifs is 1. The van der Waals surface area contributed by atoms with Gasteiger partial charge in [-0.2, -0.15) is 0 Å². The second-order valence-corrected chi connectivity index (χ2v) is 7.96. The molecule has 1 fully saturated rings. The zero-order valence-electron chi connectivity index (χ0n) is 17.2. The number of hydrogen-bond acceptors (Lipinski definition) is 4. The summed E-state index contributed by atoms with van der Waals surface area (Å²) in [5.41, 5.74) is 3.69. The molecule has 1 aromatic carbocycles. The van der Waals surface area contributed by atoms with Gasteiger partial charge >= 0.3 is 12.1 Å². The van der Waals surface area contributed by atoms with Crippen molar-refractivity contribution < 1.29 is 19.1 Å². The van der Waals surface area contributed by atoms with Crippen LogP contribution >= 0.6 is 0 Å². The molecule has 0 bridgehead atoms. The van der Waals surface area contributed by atoms with Crippen molar-refractivity contribution in [2.24, 2.45) is 0 Å². The van der Waals surface area contributed by atoms with Gasteiger partial charge in [-0.05, 0) is 48.8 Å². The van der Waals surface area contributed by atoms with Crippen molar-refractivity contribution in [2.45, 2.75) is 70.7 Å². The fourth-order valence-corrected chi connectivity index (χ4v) is 3.50. The van der Waals surface area contributed by atoms with Crippen LogP contribution in [0.1, 0.15) is 58.4 Å². The molecule has 0 N–H and O–H groups in total. The summed E-state index contributed by atoms with van der Waals surface area (Å²) < 4.78 is 9.77. The minimum absolute atomic E-state index is 0.0999. The lowest BCUT2D eigenvalue weighted by molar-refractivity contribution is -0.137. The van der Waals surface area contributed by atoms with Crippen molar-refractivity contribution in [1.29, 1.82) is 0 Å². The van der Waals surface area contributed by atoms with E-state index in [1.165, 1.54) is 44.3 Å². The van der Waals surface area contributed by atoms with Gasteiger partial charge in [0.25, 0.3) is 0 Å². The van der Waals surface area contributed by atoms with E-state index in [-0.39, 0.29) is 23.6 Å². The molecule has 1 amide bonds. The Bertz CT molecular complexity index is 668. The van der Waals surface area contributed by atoms with E-state index in [0.29, 0.717) is 0 Å². The van der Waals surface area contributed by atoms with Gasteiger partial charge in [0.1, 0.15) is 6.10 Å². The Morgan fingerprint density at radius 3 is 2.41 bits per heavy atom. The molecule has 1 aliphatic carbocycles. The van der Waals surface area contributed by atoms with Crippen molar-refractivity contribution in [3.8, 4) is 0 Å². The van der Waals surface area contributed by atoms with E-state index in [1.54, 1.807) is 11.9 Å². The topological polar surface area (TPSA) is 55.8 Å². The van der Waals surface area contributed by atoms with Gasteiger partial charge in [-0.3, -0.25) is 9.69 Å². The van der Waals surface area contributed by atoms with Gasteiger partial charge < -0.3 is 9.47 Å². The van der Waals surface area contributed by atoms with Crippen molar-refractivity contribution in [3.63, 3.8) is 0 Å². The van der Waals surface area contributed by atoms with Gasteiger partial charge in [0, 0.05) is 19.7 Å². The van der Waals surface area contributed by atoms with Gasteiger partial charge in [-0.1, -0.05) is 38.1 Å². The van der Waals surface area contributed by atoms with E-state index >= 15 is 0 Å². The van der Waals surface area contributed by atoms with Crippen molar-refractivity contribution in [3.05, 3.63) is 23.8 Å².